The van der Waals surface area contributed by atoms with Gasteiger partial charge in [0.2, 0.25) is 0 Å². The molecule has 0 atom stereocenters. The van der Waals surface area contributed by atoms with Crippen LogP contribution in [0, 0.1) is 0 Å². The average Bonchev–Trinajstić information content (AvgIpc) is 3.31. The first-order valence-electron chi connectivity index (χ1n) is 20.0. The highest BCUT2D eigenvalue weighted by molar-refractivity contribution is 6.15. The van der Waals surface area contributed by atoms with E-state index in [1.54, 1.807) is 0 Å². The summed E-state index contributed by atoms with van der Waals surface area (Å²) in [5, 5.41) is 5.02. The maximum Gasteiger partial charge on any atom is -0.00139 e. The molecule has 0 unspecified atom stereocenters. The van der Waals surface area contributed by atoms with E-state index in [-0.39, 0.29) is 0 Å². The summed E-state index contributed by atoms with van der Waals surface area (Å²) < 4.78 is 0. The molecule has 0 radical (unpaired) electrons. The van der Waals surface area contributed by atoms with Gasteiger partial charge in [-0.2, -0.15) is 0 Å². The molecule has 0 fully saturated rings. The average molecular weight is 737 g/mol. The molecule has 10 aromatic rings. The van der Waals surface area contributed by atoms with E-state index in [1.165, 1.54) is 93.9 Å². The van der Waals surface area contributed by atoms with Crippen LogP contribution in [0.1, 0.15) is 11.1 Å². The zero-order chi connectivity index (χ0) is 38.7. The van der Waals surface area contributed by atoms with E-state index in [2.05, 4.69) is 243 Å². The van der Waals surface area contributed by atoms with Crippen LogP contribution in [-0.4, -0.2) is 0 Å². The van der Waals surface area contributed by atoms with Gasteiger partial charge in [-0.15, -0.1) is 0 Å². The van der Waals surface area contributed by atoms with E-state index >= 15 is 0 Å². The second-order valence-corrected chi connectivity index (χ2v) is 14.8. The Morgan fingerprint density at radius 3 is 0.828 bits per heavy atom. The molecule has 0 saturated carbocycles. The van der Waals surface area contributed by atoms with Gasteiger partial charge in [0.1, 0.15) is 0 Å². The molecule has 272 valence electrons. The van der Waals surface area contributed by atoms with Crippen molar-refractivity contribution >= 4 is 33.7 Å². The largest absolute Gasteiger partial charge is 0.0622 e. The lowest BCUT2D eigenvalue weighted by atomic mass is 9.74. The van der Waals surface area contributed by atoms with E-state index in [0.717, 1.165) is 5.56 Å². The summed E-state index contributed by atoms with van der Waals surface area (Å²) in [6.07, 6.45) is 4.55. The third-order valence-corrected chi connectivity index (χ3v) is 11.3. The molecule has 0 aromatic heterocycles. The van der Waals surface area contributed by atoms with Gasteiger partial charge in [0.15, 0.2) is 0 Å². The van der Waals surface area contributed by atoms with Gasteiger partial charge >= 0.3 is 0 Å². The van der Waals surface area contributed by atoms with Crippen molar-refractivity contribution < 1.29 is 0 Å². The van der Waals surface area contributed by atoms with E-state index in [0.29, 0.717) is 0 Å². The van der Waals surface area contributed by atoms with Crippen molar-refractivity contribution in [3.63, 3.8) is 0 Å². The Bertz CT molecular complexity index is 2880. The number of hydrogen-bond donors (Lipinski definition) is 0. The Morgan fingerprint density at radius 2 is 0.500 bits per heavy atom. The van der Waals surface area contributed by atoms with Crippen LogP contribution < -0.4 is 0 Å². The standard InChI is InChI=1S/C58H40/c1-6-20-42(21-7-1)53-54(43-22-8-2-9-23-43)56(45-26-12-4-13-27-45)58(57(46-28-14-5-15-29-46)55(53)44-24-10-3-11-25-44)47-37-34-41(35-38-47)36-39-52-50-32-18-16-30-48(50)40-49-31-17-19-33-51(49)52/h1-40H/b39-36+. The van der Waals surface area contributed by atoms with Crippen molar-refractivity contribution in [1.82, 2.24) is 0 Å². The normalized spacial score (nSPS) is 11.4. The van der Waals surface area contributed by atoms with Crippen LogP contribution in [0.25, 0.3) is 100 Å². The van der Waals surface area contributed by atoms with E-state index in [4.69, 9.17) is 0 Å². The van der Waals surface area contributed by atoms with Crippen LogP contribution in [0.2, 0.25) is 0 Å². The first-order chi connectivity index (χ1) is 28.8. The molecule has 58 heavy (non-hydrogen) atoms. The molecule has 0 aliphatic heterocycles. The quantitative estimate of drug-likeness (QED) is 0.108. The predicted octanol–water partition coefficient (Wildman–Crippen LogP) is 16.2. The highest BCUT2D eigenvalue weighted by atomic mass is 14.3. The molecule has 0 bridgehead atoms. The molecule has 0 spiro atoms. The fraction of sp³-hybridized carbons (Fsp3) is 0. The number of rotatable bonds is 8. The molecule has 0 heteroatoms. The molecule has 0 nitrogen and oxygen atoms in total. The van der Waals surface area contributed by atoms with Crippen molar-refractivity contribution in [2.24, 2.45) is 0 Å². The number of hydrogen-bond acceptors (Lipinski definition) is 0. The zero-order valence-corrected chi connectivity index (χ0v) is 32.1. The topological polar surface area (TPSA) is 0 Å². The smallest absolute Gasteiger partial charge is 0.00139 e. The first-order valence-corrected chi connectivity index (χ1v) is 20.0. The van der Waals surface area contributed by atoms with Gasteiger partial charge in [-0.1, -0.05) is 237 Å². The number of benzene rings is 10. The fourth-order valence-corrected chi connectivity index (χ4v) is 8.68. The molecule has 0 aliphatic carbocycles. The highest BCUT2D eigenvalue weighted by Crippen LogP contribution is 2.55. The Hall–Kier alpha value is -7.54. The Morgan fingerprint density at radius 1 is 0.224 bits per heavy atom. The minimum atomic E-state index is 1.15. The Kier molecular flexibility index (Phi) is 9.35. The Labute approximate surface area is 340 Å². The van der Waals surface area contributed by atoms with E-state index in [9.17, 15) is 0 Å². The van der Waals surface area contributed by atoms with Gasteiger partial charge in [-0.25, -0.2) is 0 Å². The summed E-state index contributed by atoms with van der Waals surface area (Å²) in [4.78, 5) is 0. The second kappa shape index (κ2) is 15.5. The van der Waals surface area contributed by atoms with Crippen LogP contribution in [0.3, 0.4) is 0 Å². The van der Waals surface area contributed by atoms with Crippen molar-refractivity contribution in [2.75, 3.05) is 0 Å². The fourth-order valence-electron chi connectivity index (χ4n) is 8.68. The SMILES string of the molecule is C(=C\c1c2ccccc2cc2ccccc12)/c1ccc(-c2c(-c3ccccc3)c(-c3ccccc3)c(-c3ccccc3)c(-c3ccccc3)c2-c2ccccc2)cc1. The lowest BCUT2D eigenvalue weighted by Gasteiger charge is -2.28. The van der Waals surface area contributed by atoms with Crippen LogP contribution in [-0.2, 0) is 0 Å². The molecule has 0 saturated heterocycles. The molecule has 10 rings (SSSR count). The summed E-state index contributed by atoms with van der Waals surface area (Å²) >= 11 is 0. The van der Waals surface area contributed by atoms with Crippen LogP contribution >= 0.6 is 0 Å². The summed E-state index contributed by atoms with van der Waals surface area (Å²) in [7, 11) is 0. The minimum absolute atomic E-state index is 1.15. The van der Waals surface area contributed by atoms with Gasteiger partial charge in [-0.3, -0.25) is 0 Å². The minimum Gasteiger partial charge on any atom is -0.0622 e. The second-order valence-electron chi connectivity index (χ2n) is 14.8. The van der Waals surface area contributed by atoms with Crippen molar-refractivity contribution in [3.8, 4) is 66.8 Å². The lowest BCUT2D eigenvalue weighted by molar-refractivity contribution is 1.51. The zero-order valence-electron chi connectivity index (χ0n) is 32.1. The van der Waals surface area contributed by atoms with Gasteiger partial charge in [0.05, 0.1) is 0 Å². The third kappa shape index (κ3) is 6.51. The van der Waals surface area contributed by atoms with Gasteiger partial charge < -0.3 is 0 Å². The van der Waals surface area contributed by atoms with Gasteiger partial charge in [0, 0.05) is 0 Å². The van der Waals surface area contributed by atoms with Crippen molar-refractivity contribution in [2.45, 2.75) is 0 Å². The van der Waals surface area contributed by atoms with E-state index in [1.807, 2.05) is 0 Å². The molecular weight excluding hydrogens is 697 g/mol. The maximum atomic E-state index is 2.32. The van der Waals surface area contributed by atoms with Crippen molar-refractivity contribution in [1.29, 1.82) is 0 Å². The summed E-state index contributed by atoms with van der Waals surface area (Å²) in [6.45, 7) is 0. The summed E-state index contributed by atoms with van der Waals surface area (Å²) in [5.41, 5.74) is 16.8. The van der Waals surface area contributed by atoms with Gasteiger partial charge in [-0.05, 0) is 105 Å². The summed E-state index contributed by atoms with van der Waals surface area (Å²) in [5.74, 6) is 0. The van der Waals surface area contributed by atoms with Crippen LogP contribution in [0.4, 0.5) is 0 Å². The Balaban J connectivity index is 1.28. The van der Waals surface area contributed by atoms with E-state index < -0.39 is 0 Å². The molecule has 10 aromatic carbocycles. The molecule has 0 aliphatic rings. The molecule has 0 N–H and O–H groups in total. The molecule has 0 heterocycles. The molecule has 0 amide bonds. The van der Waals surface area contributed by atoms with Crippen LogP contribution in [0.5, 0.6) is 0 Å². The first kappa shape index (κ1) is 34.9. The monoisotopic (exact) mass is 736 g/mol. The van der Waals surface area contributed by atoms with Crippen molar-refractivity contribution in [3.05, 3.63) is 242 Å². The third-order valence-electron chi connectivity index (χ3n) is 11.3. The lowest BCUT2D eigenvalue weighted by Crippen LogP contribution is -2.02. The number of fused-ring (bicyclic) bond motifs is 2. The maximum absolute atomic E-state index is 2.32. The highest BCUT2D eigenvalue weighted by Gasteiger charge is 2.28. The summed E-state index contributed by atoms with van der Waals surface area (Å²) in [6, 6.07) is 83.7. The van der Waals surface area contributed by atoms with Gasteiger partial charge in [0.25, 0.3) is 0 Å². The molecular formula is C58H40. The predicted molar refractivity (Wildman–Crippen MR) is 249 cm³/mol. The van der Waals surface area contributed by atoms with Crippen LogP contribution in [0.15, 0.2) is 231 Å².